The molecule has 2 aliphatic heterocycles. The van der Waals surface area contributed by atoms with Gasteiger partial charge in [0.2, 0.25) is 11.8 Å². The number of esters is 2. The second-order valence-corrected chi connectivity index (χ2v) is 13.0. The zero-order valence-electron chi connectivity index (χ0n) is 28.4. The number of ether oxygens (including phenoxy) is 3. The molecule has 0 radical (unpaired) electrons. The summed E-state index contributed by atoms with van der Waals surface area (Å²) >= 11 is 0. The van der Waals surface area contributed by atoms with Crippen LogP contribution < -0.4 is 21.1 Å². The van der Waals surface area contributed by atoms with Gasteiger partial charge in [-0.25, -0.2) is 9.59 Å². The summed E-state index contributed by atoms with van der Waals surface area (Å²) in [6, 6.07) is 2.53. The van der Waals surface area contributed by atoms with Crippen LogP contribution in [0.5, 0.6) is 11.5 Å². The quantitative estimate of drug-likeness (QED) is 0.130. The number of carbonyl (C=O) groups excluding carboxylic acids is 4. The third-order valence-electron chi connectivity index (χ3n) is 9.72. The Balaban J connectivity index is 0.000000755. The maximum absolute atomic E-state index is 13.1. The summed E-state index contributed by atoms with van der Waals surface area (Å²) in [6.07, 6.45) is -2.59. The minimum absolute atomic E-state index is 0.0359. The maximum atomic E-state index is 13.1. The van der Waals surface area contributed by atoms with Gasteiger partial charge in [-0.05, 0) is 76.9 Å². The van der Waals surface area contributed by atoms with Crippen molar-refractivity contribution in [2.75, 3.05) is 26.7 Å². The molecule has 1 fully saturated rings. The number of aliphatic hydroxyl groups is 1. The zero-order chi connectivity index (χ0) is 37.9. The van der Waals surface area contributed by atoms with E-state index in [0.29, 0.717) is 50.9 Å². The average Bonchev–Trinajstić information content (AvgIpc) is 3.41. The molecule has 51 heavy (non-hydrogen) atoms. The Hall–Kier alpha value is -4.42. The highest BCUT2D eigenvalue weighted by atomic mass is 19.4. The number of carboxylic acids is 1. The molecule has 2 aliphatic carbocycles. The number of nitrogens with one attached hydrogen (secondary N) is 2. The average molecular weight is 729 g/mol. The van der Waals surface area contributed by atoms with Crippen LogP contribution in [0.15, 0.2) is 24.0 Å². The van der Waals surface area contributed by atoms with E-state index in [2.05, 4.69) is 15.5 Å². The summed E-state index contributed by atoms with van der Waals surface area (Å²) in [4.78, 5) is 60.6. The lowest BCUT2D eigenvalue weighted by atomic mass is 9.50. The van der Waals surface area contributed by atoms with Crippen molar-refractivity contribution in [3.05, 3.63) is 35.1 Å². The standard InChI is InChI=1S/C31H42N4O9.C2HF3O2/c1-17(42-24(38)10-14-33-28(39)20(34-18(2)36)6-4-5-13-32)29(40)43-22-9-11-31(41)23-16-19-7-8-21(37)26-25(19)30(31,27(22)44-26)12-15-35(23)3;3-2(4,5)1(6)7/h7-9,17,20,23,27,37,41H,4-6,10-16,32H2,1-3H3,(H,33,39)(H,34,36);(H,6,7)/t17?,20-,23+,27-,30-,31+;/m0./s1. The van der Waals surface area contributed by atoms with E-state index in [1.165, 1.54) is 13.8 Å². The van der Waals surface area contributed by atoms with Crippen molar-refractivity contribution in [3.63, 3.8) is 0 Å². The number of piperidine rings is 1. The molecule has 1 saturated heterocycles. The van der Waals surface area contributed by atoms with E-state index in [-0.39, 0.29) is 42.8 Å². The van der Waals surface area contributed by atoms with Gasteiger partial charge < -0.3 is 50.8 Å². The summed E-state index contributed by atoms with van der Waals surface area (Å²) < 4.78 is 49.1. The van der Waals surface area contributed by atoms with Gasteiger partial charge in [-0.1, -0.05) is 6.07 Å². The molecular formula is C33H43F3N4O11. The van der Waals surface area contributed by atoms with Gasteiger partial charge in [0.1, 0.15) is 11.8 Å². The van der Waals surface area contributed by atoms with E-state index in [0.717, 1.165) is 11.1 Å². The number of likely N-dealkylation sites (tertiary alicyclic amines) is 1. The van der Waals surface area contributed by atoms with Crippen molar-refractivity contribution < 1.29 is 66.7 Å². The van der Waals surface area contributed by atoms with Gasteiger partial charge in [-0.3, -0.25) is 14.4 Å². The maximum Gasteiger partial charge on any atom is 0.490 e. The van der Waals surface area contributed by atoms with Crippen LogP contribution in [-0.4, -0.2) is 113 Å². The van der Waals surface area contributed by atoms with Crippen molar-refractivity contribution in [1.29, 1.82) is 0 Å². The number of nitrogens with two attached hydrogens (primary N) is 1. The number of aromatic hydroxyl groups is 1. The first-order chi connectivity index (χ1) is 23.9. The summed E-state index contributed by atoms with van der Waals surface area (Å²) in [7, 11) is 1.98. The van der Waals surface area contributed by atoms with Crippen LogP contribution in [0.1, 0.15) is 63.5 Å². The lowest BCUT2D eigenvalue weighted by Crippen LogP contribution is -2.74. The number of halogens is 3. The number of aliphatic carboxylic acids is 1. The molecule has 2 heterocycles. The van der Waals surface area contributed by atoms with Crippen molar-refractivity contribution in [3.8, 4) is 11.5 Å². The van der Waals surface area contributed by atoms with Gasteiger partial charge in [-0.2, -0.15) is 13.2 Å². The van der Waals surface area contributed by atoms with Gasteiger partial charge in [0, 0.05) is 31.5 Å². The number of nitrogens with zero attached hydrogens (tertiary/aromatic N) is 1. The van der Waals surface area contributed by atoms with E-state index in [1.54, 1.807) is 12.1 Å². The molecule has 0 saturated carbocycles. The third-order valence-corrected chi connectivity index (χ3v) is 9.72. The van der Waals surface area contributed by atoms with Crippen LogP contribution in [-0.2, 0) is 45.3 Å². The highest BCUT2D eigenvalue weighted by molar-refractivity contribution is 5.87. The summed E-state index contributed by atoms with van der Waals surface area (Å²) in [5, 5.41) is 35.2. The largest absolute Gasteiger partial charge is 0.504 e. The van der Waals surface area contributed by atoms with Crippen molar-refractivity contribution in [2.45, 2.75) is 100 Å². The molecule has 2 bridgehead atoms. The van der Waals surface area contributed by atoms with E-state index in [1.807, 2.05) is 13.1 Å². The second-order valence-electron chi connectivity index (χ2n) is 13.0. The molecule has 15 nitrogen and oxygen atoms in total. The summed E-state index contributed by atoms with van der Waals surface area (Å²) in [5.74, 6) is -4.58. The Kier molecular flexibility index (Phi) is 11.9. The number of carbonyl (C=O) groups is 5. The van der Waals surface area contributed by atoms with Gasteiger partial charge >= 0.3 is 24.1 Å². The molecule has 1 unspecified atom stereocenters. The van der Waals surface area contributed by atoms with Crippen LogP contribution in [0.25, 0.3) is 0 Å². The van der Waals surface area contributed by atoms with E-state index in [4.69, 9.17) is 29.8 Å². The normalized spacial score (nSPS) is 25.4. The Morgan fingerprint density at radius 2 is 1.88 bits per heavy atom. The van der Waals surface area contributed by atoms with E-state index in [9.17, 15) is 42.6 Å². The summed E-state index contributed by atoms with van der Waals surface area (Å²) in [5.41, 5.74) is 5.16. The number of amides is 2. The molecular weight excluding hydrogens is 685 g/mol. The Morgan fingerprint density at radius 1 is 1.20 bits per heavy atom. The molecule has 18 heteroatoms. The number of hydrogen-bond acceptors (Lipinski definition) is 12. The molecule has 1 spiro atoms. The van der Waals surface area contributed by atoms with Crippen LogP contribution in [0.4, 0.5) is 13.2 Å². The number of phenols is 1. The number of rotatable bonds is 12. The summed E-state index contributed by atoms with van der Waals surface area (Å²) in [6.45, 7) is 3.83. The monoisotopic (exact) mass is 728 g/mol. The molecule has 2 amide bonds. The molecule has 282 valence electrons. The van der Waals surface area contributed by atoms with Gasteiger partial charge in [-0.15, -0.1) is 0 Å². The molecule has 1 aromatic rings. The lowest BCUT2D eigenvalue weighted by molar-refractivity contribution is -0.192. The molecule has 0 aromatic heterocycles. The molecule has 4 aliphatic rings. The van der Waals surface area contributed by atoms with Gasteiger partial charge in [0.15, 0.2) is 23.7 Å². The first kappa shape index (κ1) is 39.4. The molecule has 1 aromatic carbocycles. The number of likely N-dealkylation sites (N-methyl/N-ethyl adjacent to an activating group) is 1. The lowest BCUT2D eigenvalue weighted by Gasteiger charge is -2.61. The Bertz CT molecular complexity index is 1570. The molecule has 6 atom stereocenters. The fraction of sp³-hybridized carbons (Fsp3) is 0.606. The van der Waals surface area contributed by atoms with Gasteiger partial charge in [0.25, 0.3) is 0 Å². The minimum Gasteiger partial charge on any atom is -0.504 e. The second kappa shape index (κ2) is 15.4. The van der Waals surface area contributed by atoms with Crippen molar-refractivity contribution >= 4 is 29.7 Å². The smallest absolute Gasteiger partial charge is 0.490 e. The predicted octanol–water partition coefficient (Wildman–Crippen LogP) is 0.918. The highest BCUT2D eigenvalue weighted by Gasteiger charge is 2.72. The van der Waals surface area contributed by atoms with Crippen molar-refractivity contribution in [2.24, 2.45) is 5.73 Å². The van der Waals surface area contributed by atoms with Crippen LogP contribution in [0, 0.1) is 0 Å². The third kappa shape index (κ3) is 7.92. The number of unbranched alkanes of at least 4 members (excludes halogenated alkanes) is 1. The Labute approximate surface area is 291 Å². The number of alkyl halides is 3. The van der Waals surface area contributed by atoms with Crippen molar-refractivity contribution in [1.82, 2.24) is 15.5 Å². The number of benzene rings is 1. The fourth-order valence-electron chi connectivity index (χ4n) is 7.36. The SMILES string of the molecule is CC(=O)N[C@@H](CCCCN)C(=O)NCCC(=O)OC(C)C(=O)OC1=CC[C@@]2(O)[C@H]3Cc4ccc(O)c5c4[C@@]2(CCN3C)[C@H]1O5.O=C(O)C(F)(F)F. The number of phenolic OH excluding ortho intramolecular Hbond substituents is 1. The van der Waals surface area contributed by atoms with Crippen LogP contribution in [0.3, 0.4) is 0 Å². The minimum atomic E-state index is -5.08. The molecule has 5 rings (SSSR count). The first-order valence-corrected chi connectivity index (χ1v) is 16.5. The topological polar surface area (TPSA) is 227 Å². The number of carboxylic acid groups (broad SMARTS) is 1. The number of hydrogen-bond donors (Lipinski definition) is 6. The molecule has 7 N–H and O–H groups in total. The van der Waals surface area contributed by atoms with Crippen LogP contribution >= 0.6 is 0 Å². The van der Waals surface area contributed by atoms with Gasteiger partial charge in [0.05, 0.1) is 17.4 Å². The van der Waals surface area contributed by atoms with Crippen LogP contribution in [0.2, 0.25) is 0 Å². The highest BCUT2D eigenvalue weighted by Crippen LogP contribution is 2.65. The zero-order valence-corrected chi connectivity index (χ0v) is 28.4. The first-order valence-electron chi connectivity index (χ1n) is 16.5. The van der Waals surface area contributed by atoms with E-state index < -0.39 is 59.3 Å². The fourth-order valence-corrected chi connectivity index (χ4v) is 7.36. The Morgan fingerprint density at radius 3 is 2.51 bits per heavy atom. The predicted molar refractivity (Wildman–Crippen MR) is 170 cm³/mol. The van der Waals surface area contributed by atoms with E-state index >= 15 is 0 Å².